The van der Waals surface area contributed by atoms with Gasteiger partial charge in [-0.3, -0.25) is 10.1 Å². The fraction of sp³-hybridized carbons (Fsp3) is 0.382. The summed E-state index contributed by atoms with van der Waals surface area (Å²) in [6.45, 7) is 12.8. The summed E-state index contributed by atoms with van der Waals surface area (Å²) in [6.07, 6.45) is 1.78. The van der Waals surface area contributed by atoms with E-state index >= 15 is 0 Å². The molecule has 8 nitrogen and oxygen atoms in total. The number of hydrogen-bond donors (Lipinski definition) is 2. The number of carbonyl (C=O) groups excluding carboxylic acids is 3. The van der Waals surface area contributed by atoms with Crippen LogP contribution in [0.25, 0.3) is 11.1 Å². The van der Waals surface area contributed by atoms with Crippen molar-refractivity contribution >= 4 is 23.7 Å². The van der Waals surface area contributed by atoms with Gasteiger partial charge in [-0.1, -0.05) is 63.2 Å². The average molecular weight is 580 g/mol. The van der Waals surface area contributed by atoms with Crippen LogP contribution in [-0.2, 0) is 14.3 Å². The van der Waals surface area contributed by atoms with Gasteiger partial charge in [0.05, 0.1) is 17.8 Å². The summed E-state index contributed by atoms with van der Waals surface area (Å²) in [5.41, 5.74) is 3.07. The van der Waals surface area contributed by atoms with E-state index in [4.69, 9.17) is 19.3 Å². The lowest BCUT2D eigenvalue weighted by Gasteiger charge is -2.12. The van der Waals surface area contributed by atoms with Crippen LogP contribution in [0.3, 0.4) is 0 Å². The van der Waals surface area contributed by atoms with Crippen molar-refractivity contribution in [1.29, 1.82) is 0 Å². The summed E-state index contributed by atoms with van der Waals surface area (Å²) in [7, 11) is 0. The average Bonchev–Trinajstić information content (AvgIpc) is 2.98. The van der Waals surface area contributed by atoms with Crippen molar-refractivity contribution in [2.75, 3.05) is 5.32 Å². The maximum absolute atomic E-state index is 12.4. The van der Waals surface area contributed by atoms with Gasteiger partial charge in [0, 0.05) is 12.6 Å². The number of nitrogens with one attached hydrogen (secondary N) is 1. The van der Waals surface area contributed by atoms with Crippen molar-refractivity contribution < 1.29 is 33.7 Å². The van der Waals surface area contributed by atoms with E-state index in [2.05, 4.69) is 5.32 Å². The van der Waals surface area contributed by atoms with Crippen LogP contribution in [0.2, 0.25) is 0 Å². The number of aliphatic hydroxyl groups excluding tert-OH is 1. The van der Waals surface area contributed by atoms with E-state index in [1.807, 2.05) is 77.1 Å². The van der Waals surface area contributed by atoms with Gasteiger partial charge >= 0.3 is 18.0 Å². The number of amides is 1. The summed E-state index contributed by atoms with van der Waals surface area (Å²) in [5, 5.41) is 11.0. The first-order valence-corrected chi connectivity index (χ1v) is 14.3. The van der Waals surface area contributed by atoms with Crippen LogP contribution in [0, 0.1) is 0 Å². The molecule has 0 radical (unpaired) electrons. The van der Waals surface area contributed by atoms with Gasteiger partial charge in [0.1, 0.15) is 11.9 Å². The Balaban J connectivity index is 0.000000567. The second kappa shape index (κ2) is 19.8. The first-order chi connectivity index (χ1) is 20.0. The monoisotopic (exact) mass is 579 g/mol. The highest BCUT2D eigenvalue weighted by molar-refractivity contribution is 5.92. The third-order valence-corrected chi connectivity index (χ3v) is 5.96. The first-order valence-electron chi connectivity index (χ1n) is 14.3. The molecule has 0 saturated heterocycles. The molecule has 0 aliphatic heterocycles. The summed E-state index contributed by atoms with van der Waals surface area (Å²) in [4.78, 5) is 34.3. The van der Waals surface area contributed by atoms with Gasteiger partial charge in [-0.25, -0.2) is 9.59 Å². The number of esters is 2. The molecule has 0 aliphatic carbocycles. The fourth-order valence-corrected chi connectivity index (χ4v) is 2.98. The molecule has 3 unspecified atom stereocenters. The molecule has 0 aliphatic rings. The summed E-state index contributed by atoms with van der Waals surface area (Å²) in [5.74, 6) is -0.195. The number of rotatable bonds is 9. The summed E-state index contributed by atoms with van der Waals surface area (Å²) < 4.78 is 15.3. The van der Waals surface area contributed by atoms with Crippen molar-refractivity contribution in [3.8, 4) is 16.9 Å². The highest BCUT2D eigenvalue weighted by atomic mass is 16.6. The zero-order valence-electron chi connectivity index (χ0n) is 25.8. The smallest absolute Gasteiger partial charge is 0.411 e. The van der Waals surface area contributed by atoms with Crippen LogP contribution in [0.15, 0.2) is 78.9 Å². The van der Waals surface area contributed by atoms with Crippen molar-refractivity contribution in [2.45, 2.75) is 86.0 Å². The van der Waals surface area contributed by atoms with Crippen LogP contribution < -0.4 is 10.1 Å². The SMILES string of the molecule is CCC(C)O.CCC(C)OC(=O)Nc1ccc(C(=O)Oc2ccc(-c3ccccc3)cc2)cc1.CCC(C)OC(C)=O. The Kier molecular flexibility index (Phi) is 16.9. The Bertz CT molecular complexity index is 1190. The molecule has 0 bridgehead atoms. The van der Waals surface area contributed by atoms with Gasteiger partial charge in [-0.2, -0.15) is 0 Å². The summed E-state index contributed by atoms with van der Waals surface area (Å²) >= 11 is 0. The first kappa shape index (κ1) is 35.9. The minimum Gasteiger partial charge on any atom is -0.463 e. The van der Waals surface area contributed by atoms with Crippen molar-refractivity contribution in [3.63, 3.8) is 0 Å². The lowest BCUT2D eigenvalue weighted by Crippen LogP contribution is -2.19. The maximum Gasteiger partial charge on any atom is 0.411 e. The van der Waals surface area contributed by atoms with Crippen molar-refractivity contribution in [3.05, 3.63) is 84.4 Å². The fourth-order valence-electron chi connectivity index (χ4n) is 2.98. The zero-order chi connectivity index (χ0) is 31.5. The Hall–Kier alpha value is -4.17. The Morgan fingerprint density at radius 3 is 1.67 bits per heavy atom. The molecule has 8 heteroatoms. The molecule has 0 spiro atoms. The lowest BCUT2D eigenvalue weighted by molar-refractivity contribution is -0.145. The molecule has 2 N–H and O–H groups in total. The topological polar surface area (TPSA) is 111 Å². The van der Waals surface area contributed by atoms with Crippen molar-refractivity contribution in [2.24, 2.45) is 0 Å². The highest BCUT2D eigenvalue weighted by Crippen LogP contribution is 2.23. The van der Waals surface area contributed by atoms with Crippen LogP contribution in [0.4, 0.5) is 10.5 Å². The molecule has 3 rings (SSSR count). The van der Waals surface area contributed by atoms with E-state index in [-0.39, 0.29) is 24.3 Å². The van der Waals surface area contributed by atoms with Crippen LogP contribution in [0.5, 0.6) is 5.75 Å². The van der Waals surface area contributed by atoms with Crippen LogP contribution in [-0.4, -0.2) is 41.5 Å². The number of ether oxygens (including phenoxy) is 3. The van der Waals surface area contributed by atoms with Gasteiger partial charge < -0.3 is 19.3 Å². The maximum atomic E-state index is 12.4. The van der Waals surface area contributed by atoms with Gasteiger partial charge in [0.25, 0.3) is 0 Å². The normalized spacial score (nSPS) is 12.1. The molecule has 0 aromatic heterocycles. The minimum atomic E-state index is -0.520. The second-order valence-corrected chi connectivity index (χ2v) is 9.69. The molecular formula is C34H45NO7. The van der Waals surface area contributed by atoms with Crippen LogP contribution in [0.1, 0.15) is 78.1 Å². The zero-order valence-corrected chi connectivity index (χ0v) is 25.8. The molecule has 0 saturated carbocycles. The third kappa shape index (κ3) is 15.0. The molecule has 42 heavy (non-hydrogen) atoms. The number of carbonyl (C=O) groups is 3. The number of anilines is 1. The minimum absolute atomic E-state index is 0.0764. The lowest BCUT2D eigenvalue weighted by atomic mass is 10.1. The van der Waals surface area contributed by atoms with Crippen LogP contribution >= 0.6 is 0 Å². The van der Waals surface area contributed by atoms with Crippen molar-refractivity contribution in [1.82, 2.24) is 0 Å². The molecule has 3 aromatic rings. The summed E-state index contributed by atoms with van der Waals surface area (Å²) in [6, 6.07) is 23.8. The highest BCUT2D eigenvalue weighted by Gasteiger charge is 2.11. The van der Waals surface area contributed by atoms with Gasteiger partial charge in [-0.15, -0.1) is 0 Å². The van der Waals surface area contributed by atoms with E-state index in [1.165, 1.54) is 6.92 Å². The van der Waals surface area contributed by atoms with E-state index < -0.39 is 12.1 Å². The second-order valence-electron chi connectivity index (χ2n) is 9.69. The third-order valence-electron chi connectivity index (χ3n) is 5.96. The molecule has 3 atom stereocenters. The predicted molar refractivity (Wildman–Crippen MR) is 167 cm³/mol. The van der Waals surface area contributed by atoms with E-state index in [1.54, 1.807) is 43.3 Å². The number of benzene rings is 3. The quantitative estimate of drug-likeness (QED) is 0.195. The van der Waals surface area contributed by atoms with E-state index in [0.717, 1.165) is 30.4 Å². The number of aliphatic hydroxyl groups is 1. The Morgan fingerprint density at radius 2 is 1.21 bits per heavy atom. The molecule has 0 fully saturated rings. The predicted octanol–water partition coefficient (Wildman–Crippen LogP) is 8.05. The largest absolute Gasteiger partial charge is 0.463 e. The Morgan fingerprint density at radius 1 is 0.714 bits per heavy atom. The molecule has 0 heterocycles. The number of hydrogen-bond acceptors (Lipinski definition) is 7. The standard InChI is InChI=1S/C24H23NO4.C6H12O2.C4H10O/c1-3-17(2)28-24(27)25-21-13-9-20(10-14-21)23(26)29-22-15-11-19(12-16-22)18-7-5-4-6-8-18;1-4-5(2)8-6(3)7;1-3-4(2)5/h4-17H,3H2,1-2H3,(H,25,27);5H,4H2,1-3H3;4-5H,3H2,1-2H3. The molecule has 3 aromatic carbocycles. The molecule has 1 amide bonds. The van der Waals surface area contributed by atoms with E-state index in [9.17, 15) is 14.4 Å². The Labute approximate surface area is 250 Å². The van der Waals surface area contributed by atoms with Gasteiger partial charge in [-0.05, 0) is 87.6 Å². The molecular weight excluding hydrogens is 534 g/mol. The van der Waals surface area contributed by atoms with E-state index in [0.29, 0.717) is 17.0 Å². The van der Waals surface area contributed by atoms with Gasteiger partial charge in [0.15, 0.2) is 0 Å². The van der Waals surface area contributed by atoms with Gasteiger partial charge in [0.2, 0.25) is 0 Å². The molecule has 228 valence electrons.